The maximum Gasteiger partial charge on any atom is 0.132 e. The highest BCUT2D eigenvalue weighted by Crippen LogP contribution is 2.21. The zero-order chi connectivity index (χ0) is 13.1. The summed E-state index contributed by atoms with van der Waals surface area (Å²) in [7, 11) is 0. The zero-order valence-corrected chi connectivity index (χ0v) is 12.4. The van der Waals surface area contributed by atoms with Crippen molar-refractivity contribution in [2.24, 2.45) is 11.8 Å². The quantitative estimate of drug-likeness (QED) is 0.443. The first-order chi connectivity index (χ1) is 8.11. The van der Waals surface area contributed by atoms with Crippen LogP contribution in [0, 0.1) is 11.8 Å². The van der Waals surface area contributed by atoms with Gasteiger partial charge in [-0.15, -0.1) is 0 Å². The Morgan fingerprint density at radius 1 is 0.941 bits per heavy atom. The van der Waals surface area contributed by atoms with Gasteiger partial charge in [0.2, 0.25) is 0 Å². The van der Waals surface area contributed by atoms with Gasteiger partial charge in [-0.1, -0.05) is 59.8 Å². The molecule has 0 spiro atoms. The Hall–Kier alpha value is -0.330. The minimum absolute atomic E-state index is 0.487. The van der Waals surface area contributed by atoms with E-state index >= 15 is 0 Å². The van der Waals surface area contributed by atoms with Gasteiger partial charge >= 0.3 is 0 Å². The third-order valence-corrected chi connectivity index (χ3v) is 3.82. The molecule has 0 bridgehead atoms. The van der Waals surface area contributed by atoms with Gasteiger partial charge in [-0.3, -0.25) is 4.79 Å². The van der Waals surface area contributed by atoms with Crippen molar-refractivity contribution in [3.63, 3.8) is 0 Å². The molecular formula is C16H32O. The minimum atomic E-state index is 0.487. The van der Waals surface area contributed by atoms with Gasteiger partial charge in [-0.05, 0) is 24.7 Å². The molecule has 0 saturated carbocycles. The lowest BCUT2D eigenvalue weighted by atomic mass is 9.88. The molecule has 1 unspecified atom stereocenters. The van der Waals surface area contributed by atoms with Crippen LogP contribution in [0.25, 0.3) is 0 Å². The first-order valence-electron chi connectivity index (χ1n) is 7.63. The zero-order valence-electron chi connectivity index (χ0n) is 12.4. The Kier molecular flexibility index (Phi) is 10.6. The summed E-state index contributed by atoms with van der Waals surface area (Å²) < 4.78 is 0. The molecule has 0 saturated heterocycles. The molecule has 0 aliphatic heterocycles. The number of carbonyl (C=O) groups is 1. The van der Waals surface area contributed by atoms with E-state index in [9.17, 15) is 4.79 Å². The second-order valence-corrected chi connectivity index (χ2v) is 5.65. The summed E-state index contributed by atoms with van der Waals surface area (Å²) in [5, 5.41) is 0. The Balaban J connectivity index is 3.51. The number of ketones is 1. The van der Waals surface area contributed by atoms with Crippen LogP contribution in [0.3, 0.4) is 0 Å². The van der Waals surface area contributed by atoms with E-state index in [1.54, 1.807) is 0 Å². The SMILES string of the molecule is CCCCCCCC(=O)CCC(CC)C(C)C. The molecule has 0 aliphatic rings. The fraction of sp³-hybridized carbons (Fsp3) is 0.938. The second kappa shape index (κ2) is 10.8. The molecule has 1 nitrogen and oxygen atoms in total. The number of rotatable bonds is 11. The van der Waals surface area contributed by atoms with Crippen molar-refractivity contribution in [3.05, 3.63) is 0 Å². The first-order valence-corrected chi connectivity index (χ1v) is 7.63. The van der Waals surface area contributed by atoms with Gasteiger partial charge < -0.3 is 0 Å². The van der Waals surface area contributed by atoms with Crippen LogP contribution >= 0.6 is 0 Å². The predicted octanol–water partition coefficient (Wildman–Crippen LogP) is 5.38. The van der Waals surface area contributed by atoms with Gasteiger partial charge in [0.1, 0.15) is 5.78 Å². The molecule has 0 N–H and O–H groups in total. The van der Waals surface area contributed by atoms with Crippen molar-refractivity contribution in [2.75, 3.05) is 0 Å². The molecule has 0 heterocycles. The Morgan fingerprint density at radius 3 is 2.12 bits per heavy atom. The molecule has 0 aromatic carbocycles. The summed E-state index contributed by atoms with van der Waals surface area (Å²) in [5.41, 5.74) is 0. The van der Waals surface area contributed by atoms with E-state index in [-0.39, 0.29) is 0 Å². The van der Waals surface area contributed by atoms with Crippen molar-refractivity contribution in [1.82, 2.24) is 0 Å². The van der Waals surface area contributed by atoms with Crippen molar-refractivity contribution in [3.8, 4) is 0 Å². The van der Waals surface area contributed by atoms with Crippen LogP contribution < -0.4 is 0 Å². The van der Waals surface area contributed by atoms with E-state index in [0.717, 1.165) is 37.5 Å². The predicted molar refractivity (Wildman–Crippen MR) is 76.2 cm³/mol. The van der Waals surface area contributed by atoms with Crippen LogP contribution in [-0.4, -0.2) is 5.78 Å². The fourth-order valence-corrected chi connectivity index (χ4v) is 2.41. The Bertz CT molecular complexity index is 184. The fourth-order valence-electron chi connectivity index (χ4n) is 2.41. The first kappa shape index (κ1) is 16.7. The molecule has 1 heteroatoms. The standard InChI is InChI=1S/C16H32O/c1-5-7-8-9-10-11-16(17)13-12-15(6-2)14(3)4/h14-15H,5-13H2,1-4H3. The summed E-state index contributed by atoms with van der Waals surface area (Å²) in [6.45, 7) is 8.99. The molecule has 0 aromatic heterocycles. The van der Waals surface area contributed by atoms with E-state index in [1.165, 1.54) is 32.1 Å². The molecular weight excluding hydrogens is 208 g/mol. The lowest BCUT2D eigenvalue weighted by Gasteiger charge is -2.18. The number of Topliss-reactive ketones (excluding diaryl/α,β-unsaturated/α-hetero) is 1. The summed E-state index contributed by atoms with van der Waals surface area (Å²) in [4.78, 5) is 11.7. The van der Waals surface area contributed by atoms with Crippen LogP contribution in [0.1, 0.15) is 85.5 Å². The molecule has 0 amide bonds. The monoisotopic (exact) mass is 240 g/mol. The molecule has 102 valence electrons. The van der Waals surface area contributed by atoms with Crippen molar-refractivity contribution in [2.45, 2.75) is 85.5 Å². The van der Waals surface area contributed by atoms with Crippen LogP contribution in [-0.2, 0) is 4.79 Å². The van der Waals surface area contributed by atoms with Crippen LogP contribution in [0.4, 0.5) is 0 Å². The van der Waals surface area contributed by atoms with Crippen molar-refractivity contribution in [1.29, 1.82) is 0 Å². The molecule has 0 fully saturated rings. The van der Waals surface area contributed by atoms with E-state index in [2.05, 4.69) is 27.7 Å². The number of hydrogen-bond acceptors (Lipinski definition) is 1. The molecule has 1 atom stereocenters. The average molecular weight is 240 g/mol. The molecule has 0 rings (SSSR count). The van der Waals surface area contributed by atoms with Gasteiger partial charge in [0, 0.05) is 12.8 Å². The molecule has 0 radical (unpaired) electrons. The maximum atomic E-state index is 11.7. The van der Waals surface area contributed by atoms with Crippen molar-refractivity contribution < 1.29 is 4.79 Å². The number of unbranched alkanes of at least 4 members (excludes halogenated alkanes) is 4. The molecule has 17 heavy (non-hydrogen) atoms. The van der Waals surface area contributed by atoms with E-state index < -0.39 is 0 Å². The lowest BCUT2D eigenvalue weighted by molar-refractivity contribution is -0.119. The minimum Gasteiger partial charge on any atom is -0.300 e. The Morgan fingerprint density at radius 2 is 1.59 bits per heavy atom. The summed E-state index contributed by atoms with van der Waals surface area (Å²) >= 11 is 0. The highest BCUT2D eigenvalue weighted by Gasteiger charge is 2.12. The second-order valence-electron chi connectivity index (χ2n) is 5.65. The smallest absolute Gasteiger partial charge is 0.132 e. The summed E-state index contributed by atoms with van der Waals surface area (Å²) in [5.74, 6) is 1.94. The largest absolute Gasteiger partial charge is 0.300 e. The third kappa shape index (κ3) is 9.38. The number of hydrogen-bond donors (Lipinski definition) is 0. The van der Waals surface area contributed by atoms with Gasteiger partial charge in [0.05, 0.1) is 0 Å². The van der Waals surface area contributed by atoms with Gasteiger partial charge in [0.15, 0.2) is 0 Å². The molecule has 0 aromatic rings. The summed E-state index contributed by atoms with van der Waals surface area (Å²) in [6.07, 6.45) is 10.2. The normalized spacial score (nSPS) is 13.0. The lowest BCUT2D eigenvalue weighted by Crippen LogP contribution is -2.10. The van der Waals surface area contributed by atoms with Gasteiger partial charge in [-0.25, -0.2) is 0 Å². The van der Waals surface area contributed by atoms with Gasteiger partial charge in [-0.2, -0.15) is 0 Å². The van der Waals surface area contributed by atoms with Crippen LogP contribution in [0.2, 0.25) is 0 Å². The number of carbonyl (C=O) groups excluding carboxylic acids is 1. The molecule has 0 aliphatic carbocycles. The van der Waals surface area contributed by atoms with Crippen LogP contribution in [0.5, 0.6) is 0 Å². The summed E-state index contributed by atoms with van der Waals surface area (Å²) in [6, 6.07) is 0. The Labute approximate surface area is 108 Å². The third-order valence-electron chi connectivity index (χ3n) is 3.82. The van der Waals surface area contributed by atoms with Crippen molar-refractivity contribution >= 4 is 5.78 Å². The van der Waals surface area contributed by atoms with E-state index in [1.807, 2.05) is 0 Å². The highest BCUT2D eigenvalue weighted by atomic mass is 16.1. The topological polar surface area (TPSA) is 17.1 Å². The average Bonchev–Trinajstić information content (AvgIpc) is 2.29. The van der Waals surface area contributed by atoms with Crippen LogP contribution in [0.15, 0.2) is 0 Å². The van der Waals surface area contributed by atoms with E-state index in [4.69, 9.17) is 0 Å². The van der Waals surface area contributed by atoms with Gasteiger partial charge in [0.25, 0.3) is 0 Å². The highest BCUT2D eigenvalue weighted by molar-refractivity contribution is 5.78. The maximum absolute atomic E-state index is 11.7. The van der Waals surface area contributed by atoms with E-state index in [0.29, 0.717) is 5.78 Å².